The minimum Gasteiger partial charge on any atom is -0.379 e. The molecule has 0 unspecified atom stereocenters. The van der Waals surface area contributed by atoms with Gasteiger partial charge in [-0.15, -0.1) is 0 Å². The van der Waals surface area contributed by atoms with Crippen LogP contribution in [0.25, 0.3) is 0 Å². The third-order valence-electron chi connectivity index (χ3n) is 5.84. The molecule has 9 nitrogen and oxygen atoms in total. The van der Waals surface area contributed by atoms with Gasteiger partial charge in [0.25, 0.3) is 5.69 Å². The molecule has 9 heteroatoms. The van der Waals surface area contributed by atoms with Gasteiger partial charge in [0.15, 0.2) is 0 Å². The van der Waals surface area contributed by atoms with E-state index in [2.05, 4.69) is 21.9 Å². The van der Waals surface area contributed by atoms with Crippen LogP contribution in [-0.2, 0) is 32.2 Å². The predicted molar refractivity (Wildman–Crippen MR) is 133 cm³/mol. The average molecular weight is 488 g/mol. The van der Waals surface area contributed by atoms with Crippen LogP contribution in [-0.4, -0.2) is 93.6 Å². The number of benzene rings is 2. The highest BCUT2D eigenvalue weighted by atomic mass is 16.6. The van der Waals surface area contributed by atoms with Crippen molar-refractivity contribution in [3.8, 4) is 0 Å². The molecule has 0 spiro atoms. The Bertz CT molecular complexity index is 825. The first-order valence-electron chi connectivity index (χ1n) is 12.2. The summed E-state index contributed by atoms with van der Waals surface area (Å²) < 4.78 is 21.8. The highest BCUT2D eigenvalue weighted by molar-refractivity contribution is 5.32. The van der Waals surface area contributed by atoms with E-state index < -0.39 is 4.92 Å². The molecule has 2 aromatic rings. The van der Waals surface area contributed by atoms with Crippen molar-refractivity contribution >= 4 is 5.69 Å². The topological polar surface area (TPSA) is 86.5 Å². The lowest BCUT2D eigenvalue weighted by Crippen LogP contribution is -2.38. The zero-order valence-corrected chi connectivity index (χ0v) is 20.4. The van der Waals surface area contributed by atoms with Crippen molar-refractivity contribution in [1.82, 2.24) is 9.80 Å². The van der Waals surface area contributed by atoms with Crippen LogP contribution in [0.5, 0.6) is 0 Å². The zero-order chi connectivity index (χ0) is 24.6. The van der Waals surface area contributed by atoms with Gasteiger partial charge in [-0.2, -0.15) is 0 Å². The second-order valence-electron chi connectivity index (χ2n) is 8.42. The molecule has 0 aromatic heterocycles. The second-order valence-corrected chi connectivity index (χ2v) is 8.42. The molecule has 0 N–H and O–H groups in total. The van der Waals surface area contributed by atoms with Crippen LogP contribution in [0.15, 0.2) is 54.6 Å². The first-order chi connectivity index (χ1) is 17.2. The van der Waals surface area contributed by atoms with Gasteiger partial charge in [-0.1, -0.05) is 30.3 Å². The smallest absolute Gasteiger partial charge is 0.269 e. The predicted octanol–water partition coefficient (Wildman–Crippen LogP) is 2.98. The van der Waals surface area contributed by atoms with E-state index in [1.54, 1.807) is 12.1 Å². The van der Waals surface area contributed by atoms with Gasteiger partial charge >= 0.3 is 0 Å². The van der Waals surface area contributed by atoms with E-state index in [4.69, 9.17) is 18.9 Å². The van der Waals surface area contributed by atoms with Gasteiger partial charge in [-0.05, 0) is 23.3 Å². The van der Waals surface area contributed by atoms with Crippen molar-refractivity contribution in [2.75, 3.05) is 78.9 Å². The van der Waals surface area contributed by atoms with Gasteiger partial charge in [0.1, 0.15) is 0 Å². The maximum Gasteiger partial charge on any atom is 0.269 e. The molecule has 192 valence electrons. The molecule has 2 heterocycles. The third kappa shape index (κ3) is 11.3. The van der Waals surface area contributed by atoms with Crippen molar-refractivity contribution in [3.05, 3.63) is 75.8 Å². The number of hydrogen-bond acceptors (Lipinski definition) is 8. The lowest BCUT2D eigenvalue weighted by molar-refractivity contribution is -0.384. The first-order valence-corrected chi connectivity index (χ1v) is 12.2. The Balaban J connectivity index is 0.000000198. The molecule has 0 amide bonds. The van der Waals surface area contributed by atoms with Crippen LogP contribution >= 0.6 is 0 Å². The summed E-state index contributed by atoms with van der Waals surface area (Å²) in [5.41, 5.74) is 2.30. The number of morpholine rings is 2. The van der Waals surface area contributed by atoms with Crippen LogP contribution in [0.2, 0.25) is 0 Å². The fraction of sp³-hybridized carbons (Fsp3) is 0.538. The summed E-state index contributed by atoms with van der Waals surface area (Å²) in [5.74, 6) is 0. The monoisotopic (exact) mass is 487 g/mol. The minimum atomic E-state index is -0.400. The molecule has 2 fully saturated rings. The maximum atomic E-state index is 10.5. The van der Waals surface area contributed by atoms with Crippen LogP contribution in [0.1, 0.15) is 11.1 Å². The third-order valence-corrected chi connectivity index (χ3v) is 5.84. The quantitative estimate of drug-likeness (QED) is 0.272. The van der Waals surface area contributed by atoms with Crippen molar-refractivity contribution in [3.63, 3.8) is 0 Å². The minimum absolute atomic E-state index is 0.108. The van der Waals surface area contributed by atoms with Crippen molar-refractivity contribution in [2.45, 2.75) is 13.2 Å². The highest BCUT2D eigenvalue weighted by Gasteiger charge is 2.10. The Morgan fingerprint density at radius 3 is 1.63 bits per heavy atom. The van der Waals surface area contributed by atoms with Crippen LogP contribution in [0.3, 0.4) is 0 Å². The van der Waals surface area contributed by atoms with E-state index in [1.165, 1.54) is 17.7 Å². The second kappa shape index (κ2) is 16.3. The number of nitrogens with zero attached hydrogens (tertiary/aromatic N) is 3. The van der Waals surface area contributed by atoms with Gasteiger partial charge in [-0.25, -0.2) is 0 Å². The molecule has 0 saturated carbocycles. The molecule has 0 radical (unpaired) electrons. The highest BCUT2D eigenvalue weighted by Crippen LogP contribution is 2.12. The molecule has 0 aliphatic carbocycles. The molecule has 2 aromatic carbocycles. The average Bonchev–Trinajstić information content (AvgIpc) is 2.92. The van der Waals surface area contributed by atoms with Crippen LogP contribution in [0.4, 0.5) is 5.69 Å². The van der Waals surface area contributed by atoms with Crippen molar-refractivity contribution < 1.29 is 23.9 Å². The normalized spacial score (nSPS) is 16.9. The molecule has 2 aliphatic heterocycles. The zero-order valence-electron chi connectivity index (χ0n) is 20.4. The number of hydrogen-bond donors (Lipinski definition) is 0. The van der Waals surface area contributed by atoms with Gasteiger partial charge in [0.2, 0.25) is 0 Å². The molecule has 2 saturated heterocycles. The van der Waals surface area contributed by atoms with E-state index in [-0.39, 0.29) is 5.69 Å². The van der Waals surface area contributed by atoms with Crippen molar-refractivity contribution in [2.24, 2.45) is 0 Å². The molecular formula is C26H37N3O6. The van der Waals surface area contributed by atoms with Crippen LogP contribution < -0.4 is 0 Å². The fourth-order valence-electron chi connectivity index (χ4n) is 3.71. The number of ether oxygens (including phenoxy) is 4. The lowest BCUT2D eigenvalue weighted by atomic mass is 10.2. The molecular weight excluding hydrogens is 450 g/mol. The van der Waals surface area contributed by atoms with Gasteiger partial charge in [0.05, 0.1) is 57.8 Å². The van der Waals surface area contributed by atoms with E-state index in [9.17, 15) is 10.1 Å². The molecule has 4 rings (SSSR count). The summed E-state index contributed by atoms with van der Waals surface area (Å²) in [5, 5.41) is 10.5. The SMILES string of the molecule is O=[N+]([O-])c1ccc(COCCN2CCOCC2)cc1.c1ccc(COCCN2CCOCC2)cc1. The maximum absolute atomic E-state index is 10.5. The summed E-state index contributed by atoms with van der Waals surface area (Å²) in [7, 11) is 0. The van der Waals surface area contributed by atoms with Crippen LogP contribution in [0, 0.1) is 10.1 Å². The van der Waals surface area contributed by atoms with Gasteiger partial charge in [-0.3, -0.25) is 19.9 Å². The summed E-state index contributed by atoms with van der Waals surface area (Å²) >= 11 is 0. The first kappa shape index (κ1) is 27.2. The summed E-state index contributed by atoms with van der Waals surface area (Å²) in [6.07, 6.45) is 0. The van der Waals surface area contributed by atoms with E-state index >= 15 is 0 Å². The number of nitro benzene ring substituents is 1. The summed E-state index contributed by atoms with van der Waals surface area (Å²) in [6, 6.07) is 16.8. The Hall–Kier alpha value is -2.40. The molecule has 2 aliphatic rings. The van der Waals surface area contributed by atoms with E-state index in [0.717, 1.165) is 77.9 Å². The number of nitro groups is 1. The van der Waals surface area contributed by atoms with Gasteiger partial charge in [0, 0.05) is 51.4 Å². The summed E-state index contributed by atoms with van der Waals surface area (Å²) in [4.78, 5) is 14.8. The number of non-ortho nitro benzene ring substituents is 1. The standard InChI is InChI=1S/C13H18N2O4.C13H19NO2/c16-15(17)13-3-1-12(2-4-13)11-19-10-7-14-5-8-18-9-6-14;1-2-4-13(5-3-1)12-16-11-8-14-6-9-15-10-7-14/h1-4H,5-11H2;1-5H,6-12H2. The van der Waals surface area contributed by atoms with E-state index in [1.807, 2.05) is 18.2 Å². The Morgan fingerprint density at radius 1 is 0.714 bits per heavy atom. The fourth-order valence-corrected chi connectivity index (χ4v) is 3.71. The molecule has 0 bridgehead atoms. The van der Waals surface area contributed by atoms with E-state index in [0.29, 0.717) is 19.8 Å². The van der Waals surface area contributed by atoms with Crippen molar-refractivity contribution in [1.29, 1.82) is 0 Å². The lowest BCUT2D eigenvalue weighted by Gasteiger charge is -2.26. The largest absolute Gasteiger partial charge is 0.379 e. The Morgan fingerprint density at radius 2 is 1.17 bits per heavy atom. The number of rotatable bonds is 11. The summed E-state index contributed by atoms with van der Waals surface area (Å²) in [6.45, 7) is 11.9. The Kier molecular flexibility index (Phi) is 12.7. The van der Waals surface area contributed by atoms with Gasteiger partial charge < -0.3 is 18.9 Å². The molecule has 35 heavy (non-hydrogen) atoms. The Labute approximate surface area is 207 Å². The molecule has 0 atom stereocenters.